The Morgan fingerprint density at radius 3 is 2.21 bits per heavy atom. The first-order valence-electron chi connectivity index (χ1n) is 8.29. The molecule has 0 unspecified atom stereocenters. The van der Waals surface area contributed by atoms with Gasteiger partial charge in [-0.25, -0.2) is 9.59 Å². The first kappa shape index (κ1) is 16.4. The zero-order chi connectivity index (χ0) is 17.1. The summed E-state index contributed by atoms with van der Waals surface area (Å²) in [4.78, 5) is 28.2. The molecule has 6 heteroatoms. The number of hydrogen-bond donors (Lipinski definition) is 0. The highest BCUT2D eigenvalue weighted by molar-refractivity contribution is 5.73. The van der Waals surface area contributed by atoms with Gasteiger partial charge in [0.15, 0.2) is 0 Å². The summed E-state index contributed by atoms with van der Waals surface area (Å²) in [6, 6.07) is -0.804. The van der Waals surface area contributed by atoms with Crippen molar-refractivity contribution in [3.63, 3.8) is 0 Å². The average molecular weight is 330 g/mol. The first-order chi connectivity index (χ1) is 11.7. The van der Waals surface area contributed by atoms with E-state index in [-0.39, 0.29) is 30.1 Å². The second kappa shape index (κ2) is 6.95. The molecule has 6 nitrogen and oxygen atoms in total. The highest BCUT2D eigenvalue weighted by Gasteiger charge is 2.43. The number of allylic oxidation sites excluding steroid dienone is 2. The molecule has 3 aliphatic heterocycles. The Balaban J connectivity index is 2.03. The molecule has 0 aromatic rings. The number of nitrogens with zero attached hydrogens (tertiary/aromatic N) is 2. The summed E-state index contributed by atoms with van der Waals surface area (Å²) >= 11 is 0. The van der Waals surface area contributed by atoms with E-state index < -0.39 is 6.09 Å². The quantitative estimate of drug-likeness (QED) is 0.731. The molecule has 0 N–H and O–H groups in total. The molecule has 4 atom stereocenters. The van der Waals surface area contributed by atoms with Gasteiger partial charge in [-0.1, -0.05) is 42.5 Å². The van der Waals surface area contributed by atoms with E-state index in [1.807, 2.05) is 42.5 Å². The lowest BCUT2D eigenvalue weighted by molar-refractivity contribution is 0.0618. The van der Waals surface area contributed by atoms with Crippen molar-refractivity contribution >= 4 is 12.2 Å². The van der Waals surface area contributed by atoms with Crippen molar-refractivity contribution in [2.45, 2.75) is 32.0 Å². The Hall–Kier alpha value is -2.50. The fourth-order valence-electron chi connectivity index (χ4n) is 3.35. The molecule has 24 heavy (non-hydrogen) atoms. The van der Waals surface area contributed by atoms with Crippen molar-refractivity contribution in [2.24, 2.45) is 5.92 Å². The Kier molecular flexibility index (Phi) is 4.74. The van der Waals surface area contributed by atoms with Crippen LogP contribution in [-0.2, 0) is 9.47 Å². The van der Waals surface area contributed by atoms with E-state index >= 15 is 0 Å². The van der Waals surface area contributed by atoms with Crippen LogP contribution < -0.4 is 0 Å². The predicted octanol–water partition coefficient (Wildman–Crippen LogP) is 2.85. The van der Waals surface area contributed by atoms with Gasteiger partial charge in [-0.2, -0.15) is 0 Å². The van der Waals surface area contributed by atoms with E-state index in [1.54, 1.807) is 29.8 Å². The standard InChI is InChI=1S/C18H22N2O4/c1-3-23-17(21)19-12-11-13-9-10-15(19)16-8-6-5-7-14(13)20(16)18(22)24-4-2/h5-16H,3-4H2,1-2H3/t13-,14+,15+,16+/m1/s1. The van der Waals surface area contributed by atoms with E-state index in [9.17, 15) is 9.59 Å². The van der Waals surface area contributed by atoms with Crippen LogP contribution in [0.2, 0.25) is 0 Å². The van der Waals surface area contributed by atoms with Crippen LogP contribution in [0.15, 0.2) is 48.7 Å². The van der Waals surface area contributed by atoms with E-state index in [0.29, 0.717) is 13.2 Å². The van der Waals surface area contributed by atoms with Gasteiger partial charge in [0.1, 0.15) is 0 Å². The summed E-state index contributed by atoms with van der Waals surface area (Å²) in [5.74, 6) is -0.0301. The summed E-state index contributed by atoms with van der Waals surface area (Å²) in [5.41, 5.74) is 0. The zero-order valence-corrected chi connectivity index (χ0v) is 13.9. The molecule has 2 amide bonds. The second-order valence-electron chi connectivity index (χ2n) is 5.76. The van der Waals surface area contributed by atoms with Gasteiger partial charge in [-0.15, -0.1) is 0 Å². The summed E-state index contributed by atoms with van der Waals surface area (Å²) < 4.78 is 10.4. The van der Waals surface area contributed by atoms with Crippen molar-refractivity contribution in [1.82, 2.24) is 9.80 Å². The fraction of sp³-hybridized carbons (Fsp3) is 0.444. The highest BCUT2D eigenvalue weighted by atomic mass is 16.6. The van der Waals surface area contributed by atoms with Crippen LogP contribution in [0.4, 0.5) is 9.59 Å². The summed E-state index contributed by atoms with van der Waals surface area (Å²) in [6.45, 7) is 4.17. The molecule has 0 aliphatic carbocycles. The molecule has 3 rings (SSSR count). The number of amides is 2. The van der Waals surface area contributed by atoms with E-state index in [4.69, 9.17) is 9.47 Å². The van der Waals surface area contributed by atoms with Crippen molar-refractivity contribution in [3.8, 4) is 0 Å². The van der Waals surface area contributed by atoms with Crippen LogP contribution >= 0.6 is 0 Å². The molecule has 0 radical (unpaired) electrons. The van der Waals surface area contributed by atoms with Crippen molar-refractivity contribution in [2.75, 3.05) is 13.2 Å². The number of ether oxygens (including phenoxy) is 2. The first-order valence-corrected chi connectivity index (χ1v) is 8.29. The Labute approximate surface area is 141 Å². The largest absolute Gasteiger partial charge is 0.450 e. The topological polar surface area (TPSA) is 59.1 Å². The van der Waals surface area contributed by atoms with Crippen LogP contribution in [0.3, 0.4) is 0 Å². The molecule has 0 aromatic carbocycles. The van der Waals surface area contributed by atoms with Crippen LogP contribution in [0.25, 0.3) is 0 Å². The lowest BCUT2D eigenvalue weighted by Crippen LogP contribution is -2.56. The number of carbonyl (C=O) groups is 2. The van der Waals surface area contributed by atoms with Gasteiger partial charge in [-0.3, -0.25) is 9.80 Å². The van der Waals surface area contributed by atoms with Gasteiger partial charge >= 0.3 is 12.2 Å². The summed E-state index contributed by atoms with van der Waals surface area (Å²) in [7, 11) is 0. The van der Waals surface area contributed by atoms with Gasteiger partial charge < -0.3 is 9.47 Å². The predicted molar refractivity (Wildman–Crippen MR) is 89.1 cm³/mol. The summed E-state index contributed by atoms with van der Waals surface area (Å²) in [6.07, 6.45) is 14.7. The van der Waals surface area contributed by atoms with Crippen LogP contribution in [0.5, 0.6) is 0 Å². The molecule has 0 fully saturated rings. The molecule has 128 valence electrons. The molecular formula is C18H22N2O4. The molecule has 3 aliphatic rings. The molecule has 0 aromatic heterocycles. The maximum atomic E-state index is 12.6. The Morgan fingerprint density at radius 2 is 1.50 bits per heavy atom. The van der Waals surface area contributed by atoms with Crippen molar-refractivity contribution in [3.05, 3.63) is 48.7 Å². The van der Waals surface area contributed by atoms with E-state index in [0.717, 1.165) is 0 Å². The third-order valence-corrected chi connectivity index (χ3v) is 4.39. The molecule has 0 spiro atoms. The molecule has 3 heterocycles. The van der Waals surface area contributed by atoms with Gasteiger partial charge in [0.25, 0.3) is 0 Å². The number of fused-ring (bicyclic) bond motifs is 6. The molecule has 4 bridgehead atoms. The molecule has 0 saturated heterocycles. The maximum absolute atomic E-state index is 12.6. The Bertz CT molecular complexity index is 623. The van der Waals surface area contributed by atoms with Gasteiger partial charge in [-0.05, 0) is 13.8 Å². The van der Waals surface area contributed by atoms with Gasteiger partial charge in [0, 0.05) is 12.1 Å². The molecular weight excluding hydrogens is 308 g/mol. The smallest absolute Gasteiger partial charge is 0.414 e. The minimum atomic E-state index is -0.420. The average Bonchev–Trinajstić information content (AvgIpc) is 2.97. The van der Waals surface area contributed by atoms with Crippen molar-refractivity contribution in [1.29, 1.82) is 0 Å². The Morgan fingerprint density at radius 1 is 0.833 bits per heavy atom. The fourth-order valence-corrected chi connectivity index (χ4v) is 3.35. The normalized spacial score (nSPS) is 29.9. The van der Waals surface area contributed by atoms with Crippen molar-refractivity contribution < 1.29 is 19.1 Å². The number of hydrogen-bond acceptors (Lipinski definition) is 4. The van der Waals surface area contributed by atoms with Gasteiger partial charge in [0.05, 0.1) is 31.3 Å². The zero-order valence-electron chi connectivity index (χ0n) is 13.9. The summed E-state index contributed by atoms with van der Waals surface area (Å²) in [5, 5.41) is 0. The maximum Gasteiger partial charge on any atom is 0.414 e. The minimum Gasteiger partial charge on any atom is -0.450 e. The number of rotatable bonds is 2. The molecule has 0 saturated carbocycles. The van der Waals surface area contributed by atoms with Crippen LogP contribution in [-0.4, -0.2) is 53.3 Å². The van der Waals surface area contributed by atoms with E-state index in [1.165, 1.54) is 0 Å². The monoisotopic (exact) mass is 330 g/mol. The SMILES string of the molecule is CCOC(=O)N1C=C[C@H]2C=C[C@H]1[C@@H]1C=CC=C[C@@H]2N1C(=O)OCC. The number of carbonyl (C=O) groups excluding carboxylic acids is 2. The van der Waals surface area contributed by atoms with E-state index in [2.05, 4.69) is 0 Å². The third kappa shape index (κ3) is 2.84. The third-order valence-electron chi connectivity index (χ3n) is 4.39. The van der Waals surface area contributed by atoms with Gasteiger partial charge in [0.2, 0.25) is 0 Å². The van der Waals surface area contributed by atoms with Crippen LogP contribution in [0, 0.1) is 5.92 Å². The highest BCUT2D eigenvalue weighted by Crippen LogP contribution is 2.33. The lowest BCUT2D eigenvalue weighted by Gasteiger charge is -2.41. The van der Waals surface area contributed by atoms with Crippen LogP contribution in [0.1, 0.15) is 13.8 Å². The lowest BCUT2D eigenvalue weighted by atomic mass is 9.97. The minimum absolute atomic E-state index is 0.0301. The second-order valence-corrected chi connectivity index (χ2v) is 5.76.